The first-order valence-electron chi connectivity index (χ1n) is 9.07. The first kappa shape index (κ1) is 22.8. The molecule has 164 valence electrons. The molecule has 0 saturated carbocycles. The van der Waals surface area contributed by atoms with Gasteiger partial charge in [-0.3, -0.25) is 4.79 Å². The molecule has 3 nitrogen and oxygen atoms in total. The average molecular weight is 458 g/mol. The van der Waals surface area contributed by atoms with Gasteiger partial charge in [0.25, 0.3) is 5.91 Å². The third kappa shape index (κ3) is 6.30. The molecule has 0 saturated heterocycles. The molecule has 0 radical (unpaired) electrons. The summed E-state index contributed by atoms with van der Waals surface area (Å²) >= 11 is 1.05. The molecule has 10 heteroatoms. The Morgan fingerprint density at radius 3 is 2.10 bits per heavy atom. The maximum atomic E-state index is 12.8. The molecule has 0 aliphatic heterocycles. The summed E-state index contributed by atoms with van der Waals surface area (Å²) < 4.78 is 76.7. The third-order valence-corrected chi connectivity index (χ3v) is 5.34. The summed E-state index contributed by atoms with van der Waals surface area (Å²) in [6.07, 6.45) is -7.19. The Morgan fingerprint density at radius 2 is 1.48 bits per heavy atom. The highest BCUT2D eigenvalue weighted by molar-refractivity contribution is 7.13. The molecule has 0 bridgehead atoms. The summed E-state index contributed by atoms with van der Waals surface area (Å²) in [4.78, 5) is 16.6. The summed E-state index contributed by atoms with van der Waals surface area (Å²) in [6.45, 7) is 0.126. The molecule has 3 aromatic rings. The van der Waals surface area contributed by atoms with Gasteiger partial charge in [0.1, 0.15) is 4.88 Å². The highest BCUT2D eigenvalue weighted by Crippen LogP contribution is 2.31. The fraction of sp³-hybridized carbons (Fsp3) is 0.238. The Balaban J connectivity index is 1.56. The van der Waals surface area contributed by atoms with Crippen LogP contribution in [-0.4, -0.2) is 17.4 Å². The number of benzene rings is 2. The number of aromatic nitrogens is 1. The van der Waals surface area contributed by atoms with E-state index in [-0.39, 0.29) is 24.3 Å². The monoisotopic (exact) mass is 458 g/mol. The van der Waals surface area contributed by atoms with Crippen LogP contribution in [-0.2, 0) is 25.2 Å². The van der Waals surface area contributed by atoms with Gasteiger partial charge in [0.2, 0.25) is 0 Å². The molecule has 0 aliphatic carbocycles. The number of thiazole rings is 1. The molecule has 0 aliphatic rings. The second kappa shape index (κ2) is 9.09. The van der Waals surface area contributed by atoms with E-state index in [2.05, 4.69) is 10.3 Å². The topological polar surface area (TPSA) is 42.0 Å². The molecule has 1 N–H and O–H groups in total. The number of alkyl halides is 6. The zero-order valence-electron chi connectivity index (χ0n) is 15.8. The van der Waals surface area contributed by atoms with Gasteiger partial charge in [-0.1, -0.05) is 36.4 Å². The fourth-order valence-electron chi connectivity index (χ4n) is 2.84. The highest BCUT2D eigenvalue weighted by atomic mass is 32.1. The summed E-state index contributed by atoms with van der Waals surface area (Å²) in [5.74, 6) is -0.445. The van der Waals surface area contributed by atoms with Crippen molar-refractivity contribution in [3.63, 3.8) is 0 Å². The first-order chi connectivity index (χ1) is 14.5. The molecule has 0 atom stereocenters. The van der Waals surface area contributed by atoms with E-state index >= 15 is 0 Å². The van der Waals surface area contributed by atoms with Crippen LogP contribution in [0, 0.1) is 0 Å². The van der Waals surface area contributed by atoms with Crippen molar-refractivity contribution in [3.8, 4) is 0 Å². The van der Waals surface area contributed by atoms with Crippen molar-refractivity contribution in [2.24, 2.45) is 0 Å². The lowest BCUT2D eigenvalue weighted by molar-refractivity contribution is -0.138. The molecule has 31 heavy (non-hydrogen) atoms. The lowest BCUT2D eigenvalue weighted by Gasteiger charge is -2.09. The zero-order valence-corrected chi connectivity index (χ0v) is 16.7. The number of hydrogen-bond donors (Lipinski definition) is 1. The quantitative estimate of drug-likeness (QED) is 0.479. The van der Waals surface area contributed by atoms with Gasteiger partial charge in [-0.15, -0.1) is 11.3 Å². The number of carbonyl (C=O) groups is 1. The molecule has 3 rings (SSSR count). The van der Waals surface area contributed by atoms with E-state index < -0.39 is 29.4 Å². The van der Waals surface area contributed by atoms with Crippen molar-refractivity contribution in [3.05, 3.63) is 86.9 Å². The second-order valence-corrected chi connectivity index (χ2v) is 7.81. The maximum absolute atomic E-state index is 12.8. The molecular weight excluding hydrogens is 442 g/mol. The predicted octanol–water partition coefficient (Wildman–Crippen LogP) is 5.74. The van der Waals surface area contributed by atoms with Gasteiger partial charge in [-0.2, -0.15) is 26.3 Å². The number of nitrogens with one attached hydrogen (secondary N) is 1. The Hall–Kier alpha value is -2.88. The van der Waals surface area contributed by atoms with Crippen LogP contribution < -0.4 is 5.32 Å². The van der Waals surface area contributed by atoms with Crippen LogP contribution in [0.3, 0.4) is 0 Å². The number of rotatable bonds is 6. The average Bonchev–Trinajstić information content (AvgIpc) is 3.16. The van der Waals surface area contributed by atoms with Crippen LogP contribution in [0.2, 0.25) is 0 Å². The van der Waals surface area contributed by atoms with E-state index in [0.717, 1.165) is 35.6 Å². The van der Waals surface area contributed by atoms with Crippen molar-refractivity contribution in [2.75, 3.05) is 6.54 Å². The lowest BCUT2D eigenvalue weighted by atomic mass is 10.1. The van der Waals surface area contributed by atoms with Crippen LogP contribution >= 0.6 is 11.3 Å². The van der Waals surface area contributed by atoms with Gasteiger partial charge in [-0.05, 0) is 29.7 Å². The molecular formula is C21H16F6N2OS. The predicted molar refractivity (Wildman–Crippen MR) is 104 cm³/mol. The minimum atomic E-state index is -4.44. The standard InChI is InChI=1S/C21H16F6N2OS/c22-20(23,24)15-5-1-3-13(9-15)7-8-28-19(30)17-12-29-18(31-17)11-14-4-2-6-16(10-14)21(25,26)27/h1-6,9-10,12H,7-8,11H2,(H,28,30). The summed E-state index contributed by atoms with van der Waals surface area (Å²) in [6, 6.07) is 9.74. The molecule has 0 unspecified atom stereocenters. The summed E-state index contributed by atoms with van der Waals surface area (Å²) in [7, 11) is 0. The van der Waals surface area contributed by atoms with E-state index in [1.165, 1.54) is 18.3 Å². The number of hydrogen-bond acceptors (Lipinski definition) is 3. The Kier molecular flexibility index (Phi) is 6.68. The lowest BCUT2D eigenvalue weighted by Crippen LogP contribution is -2.25. The summed E-state index contributed by atoms with van der Waals surface area (Å²) in [5.41, 5.74) is -0.655. The summed E-state index contributed by atoms with van der Waals surface area (Å²) in [5, 5.41) is 3.09. The molecule has 2 aromatic carbocycles. The van der Waals surface area contributed by atoms with Gasteiger partial charge in [0.15, 0.2) is 0 Å². The normalized spacial score (nSPS) is 12.1. The fourth-order valence-corrected chi connectivity index (χ4v) is 3.71. The first-order valence-corrected chi connectivity index (χ1v) is 9.89. The molecule has 1 heterocycles. The van der Waals surface area contributed by atoms with E-state index in [1.54, 1.807) is 12.1 Å². The van der Waals surface area contributed by atoms with Gasteiger partial charge >= 0.3 is 12.4 Å². The van der Waals surface area contributed by atoms with Crippen molar-refractivity contribution < 1.29 is 31.1 Å². The largest absolute Gasteiger partial charge is 0.416 e. The van der Waals surface area contributed by atoms with Gasteiger partial charge < -0.3 is 5.32 Å². The SMILES string of the molecule is O=C(NCCc1cccc(C(F)(F)F)c1)c1cnc(Cc2cccc(C(F)(F)F)c2)s1. The minimum absolute atomic E-state index is 0.126. The molecule has 1 aromatic heterocycles. The second-order valence-electron chi connectivity index (χ2n) is 6.70. The van der Waals surface area contributed by atoms with E-state index in [0.29, 0.717) is 16.1 Å². The Morgan fingerprint density at radius 1 is 0.903 bits per heavy atom. The van der Waals surface area contributed by atoms with E-state index in [9.17, 15) is 31.1 Å². The molecule has 1 amide bonds. The van der Waals surface area contributed by atoms with E-state index in [4.69, 9.17) is 0 Å². The van der Waals surface area contributed by atoms with Gasteiger partial charge in [0, 0.05) is 13.0 Å². The van der Waals surface area contributed by atoms with Crippen molar-refractivity contribution >= 4 is 17.2 Å². The van der Waals surface area contributed by atoms with E-state index in [1.807, 2.05) is 0 Å². The number of amides is 1. The Bertz CT molecular complexity index is 1060. The smallest absolute Gasteiger partial charge is 0.351 e. The maximum Gasteiger partial charge on any atom is 0.416 e. The van der Waals surface area contributed by atoms with Crippen LogP contribution in [0.1, 0.15) is 36.9 Å². The number of carbonyl (C=O) groups excluding carboxylic acids is 1. The molecule has 0 spiro atoms. The van der Waals surface area contributed by atoms with Gasteiger partial charge in [-0.25, -0.2) is 4.98 Å². The third-order valence-electron chi connectivity index (χ3n) is 4.34. The van der Waals surface area contributed by atoms with Crippen LogP contribution in [0.4, 0.5) is 26.3 Å². The number of nitrogens with zero attached hydrogens (tertiary/aromatic N) is 1. The van der Waals surface area contributed by atoms with Crippen LogP contribution in [0.5, 0.6) is 0 Å². The van der Waals surface area contributed by atoms with Gasteiger partial charge in [0.05, 0.1) is 22.3 Å². The highest BCUT2D eigenvalue weighted by Gasteiger charge is 2.31. The minimum Gasteiger partial charge on any atom is -0.351 e. The molecule has 0 fully saturated rings. The van der Waals surface area contributed by atoms with Crippen LogP contribution in [0.25, 0.3) is 0 Å². The number of halogens is 6. The Labute approximate surface area is 177 Å². The van der Waals surface area contributed by atoms with Crippen molar-refractivity contribution in [1.29, 1.82) is 0 Å². The zero-order chi connectivity index (χ0) is 22.6. The van der Waals surface area contributed by atoms with Crippen molar-refractivity contribution in [1.82, 2.24) is 10.3 Å². The van der Waals surface area contributed by atoms with Crippen molar-refractivity contribution in [2.45, 2.75) is 25.2 Å². The van der Waals surface area contributed by atoms with Crippen LogP contribution in [0.15, 0.2) is 54.7 Å².